The maximum Gasteiger partial charge on any atom is 0.128 e. The van der Waals surface area contributed by atoms with Gasteiger partial charge in [-0.05, 0) is 132 Å². The van der Waals surface area contributed by atoms with Crippen LogP contribution in [0, 0.1) is 23.7 Å². The van der Waals surface area contributed by atoms with Gasteiger partial charge >= 0.3 is 0 Å². The van der Waals surface area contributed by atoms with Gasteiger partial charge in [-0.3, -0.25) is 0 Å². The van der Waals surface area contributed by atoms with Gasteiger partial charge in [-0.25, -0.2) is 0 Å². The molecule has 0 heterocycles. The Morgan fingerprint density at radius 2 is 1.18 bits per heavy atom. The summed E-state index contributed by atoms with van der Waals surface area (Å²) in [6.07, 6.45) is 13.8. The van der Waals surface area contributed by atoms with Crippen LogP contribution in [0.4, 0.5) is 0 Å². The number of unbranched alkanes of at least 4 members (excludes halogenated alkanes) is 5. The summed E-state index contributed by atoms with van der Waals surface area (Å²) >= 11 is 0. The first-order valence-electron chi connectivity index (χ1n) is 17.8. The third kappa shape index (κ3) is 10.4. The molecule has 0 bridgehead atoms. The topological polar surface area (TPSA) is 9.23 Å². The minimum absolute atomic E-state index is 0.528. The first kappa shape index (κ1) is 35.1. The largest absolute Gasteiger partial charge is 0.458 e. The Morgan fingerprint density at radius 3 is 1.88 bits per heavy atom. The molecule has 1 heteroatoms. The van der Waals surface area contributed by atoms with Crippen molar-refractivity contribution in [2.45, 2.75) is 78.1 Å². The number of aryl methyl sites for hydroxylation is 2. The second kappa shape index (κ2) is 17.8. The number of hydrogen-bond donors (Lipinski definition) is 0. The lowest BCUT2D eigenvalue weighted by Crippen LogP contribution is -1.90. The van der Waals surface area contributed by atoms with E-state index in [2.05, 4.69) is 124 Å². The third-order valence-electron chi connectivity index (χ3n) is 9.12. The van der Waals surface area contributed by atoms with Crippen molar-refractivity contribution in [3.8, 4) is 29.4 Å². The summed E-state index contributed by atoms with van der Waals surface area (Å²) in [5.41, 5.74) is 8.08. The molecule has 5 aromatic rings. The average Bonchev–Trinajstić information content (AvgIpc) is 3.13. The summed E-state index contributed by atoms with van der Waals surface area (Å²) in [7, 11) is 0. The molecule has 5 rings (SSSR count). The lowest BCUT2D eigenvalue weighted by Gasteiger charge is -2.06. The molecule has 1 nitrogen and oxygen atoms in total. The van der Waals surface area contributed by atoms with Crippen molar-refractivity contribution < 1.29 is 4.74 Å². The van der Waals surface area contributed by atoms with E-state index in [0.717, 1.165) is 58.0 Å². The first-order valence-corrected chi connectivity index (χ1v) is 17.8. The molecule has 0 amide bonds. The molecular formula is C48H48O. The van der Waals surface area contributed by atoms with E-state index in [-0.39, 0.29) is 0 Å². The summed E-state index contributed by atoms with van der Waals surface area (Å²) in [5, 5.41) is 4.73. The smallest absolute Gasteiger partial charge is 0.128 e. The standard InChI is InChI=1S/C48H48O/c1-6-36(4)15-13-11-9-10-12-14-16-38-21-26-45-34-41(22-27-44(45)32-38)20-25-43-24-19-39(31-42(43)8-3)17-18-40-23-28-47-35-48(49-37(5)7-2)30-29-46(47)33-40/h7,19,21-24,26-35H,2,4-6,8-16H2,1,3H3. The zero-order valence-electron chi connectivity index (χ0n) is 29.3. The predicted molar refractivity (Wildman–Crippen MR) is 211 cm³/mol. The van der Waals surface area contributed by atoms with Gasteiger partial charge in [0.25, 0.3) is 0 Å². The molecule has 0 radical (unpaired) electrons. The van der Waals surface area contributed by atoms with Gasteiger partial charge in [0.1, 0.15) is 11.5 Å². The maximum absolute atomic E-state index is 5.68. The minimum Gasteiger partial charge on any atom is -0.458 e. The highest BCUT2D eigenvalue weighted by Gasteiger charge is 2.03. The first-order chi connectivity index (χ1) is 23.9. The molecule has 0 fully saturated rings. The molecule has 5 aromatic carbocycles. The molecule has 0 N–H and O–H groups in total. The number of hydrogen-bond acceptors (Lipinski definition) is 1. The third-order valence-corrected chi connectivity index (χ3v) is 9.12. The van der Waals surface area contributed by atoms with E-state index >= 15 is 0 Å². The van der Waals surface area contributed by atoms with Gasteiger partial charge in [0.05, 0.1) is 0 Å². The van der Waals surface area contributed by atoms with E-state index in [4.69, 9.17) is 4.74 Å². The van der Waals surface area contributed by atoms with Crippen molar-refractivity contribution in [2.75, 3.05) is 0 Å². The lowest BCUT2D eigenvalue weighted by atomic mass is 9.99. The lowest BCUT2D eigenvalue weighted by molar-refractivity contribution is 0.448. The van der Waals surface area contributed by atoms with Crippen LogP contribution in [0.25, 0.3) is 21.5 Å². The Labute approximate surface area is 294 Å². The molecule has 0 aliphatic rings. The van der Waals surface area contributed by atoms with Crippen molar-refractivity contribution in [2.24, 2.45) is 0 Å². The van der Waals surface area contributed by atoms with Crippen LogP contribution in [0.3, 0.4) is 0 Å². The highest BCUT2D eigenvalue weighted by Crippen LogP contribution is 2.24. The normalized spacial score (nSPS) is 10.6. The summed E-state index contributed by atoms with van der Waals surface area (Å²) in [4.78, 5) is 0. The van der Waals surface area contributed by atoms with Gasteiger partial charge in [-0.1, -0.05) is 125 Å². The van der Waals surface area contributed by atoms with E-state index in [1.807, 2.05) is 24.3 Å². The minimum atomic E-state index is 0.528. The molecule has 0 saturated heterocycles. The van der Waals surface area contributed by atoms with E-state index in [9.17, 15) is 0 Å². The fourth-order valence-electron chi connectivity index (χ4n) is 6.04. The number of ether oxygens (including phenoxy) is 1. The van der Waals surface area contributed by atoms with E-state index < -0.39 is 0 Å². The Hall–Kier alpha value is -5.24. The molecule has 0 aromatic heterocycles. The Balaban J connectivity index is 1.18. The van der Waals surface area contributed by atoms with Crippen molar-refractivity contribution >= 4 is 21.5 Å². The SMILES string of the molecule is C=CC(=C)Oc1ccc2cc(C#Cc3ccc(C#Cc4ccc5cc(CCCCCCCCC(=C)CC)ccc5c4)c(CC)c3)ccc2c1. The fraction of sp³-hybridized carbons (Fsp3) is 0.250. The zero-order chi connectivity index (χ0) is 34.4. The fourth-order valence-corrected chi connectivity index (χ4v) is 6.04. The van der Waals surface area contributed by atoms with Crippen molar-refractivity contribution in [1.29, 1.82) is 0 Å². The molecule has 0 spiro atoms. The second-order valence-electron chi connectivity index (χ2n) is 12.8. The number of allylic oxidation sites excluding steroid dienone is 2. The molecule has 49 heavy (non-hydrogen) atoms. The van der Waals surface area contributed by atoms with Crippen molar-refractivity contribution in [1.82, 2.24) is 0 Å². The summed E-state index contributed by atoms with van der Waals surface area (Å²) in [6.45, 7) is 16.0. The van der Waals surface area contributed by atoms with Crippen molar-refractivity contribution in [3.05, 3.63) is 162 Å². The van der Waals surface area contributed by atoms with Gasteiger partial charge in [0.15, 0.2) is 0 Å². The number of benzene rings is 5. The zero-order valence-corrected chi connectivity index (χ0v) is 29.3. The summed E-state index contributed by atoms with van der Waals surface area (Å²) < 4.78 is 5.68. The number of rotatable bonds is 14. The van der Waals surface area contributed by atoms with Gasteiger partial charge in [-0.2, -0.15) is 0 Å². The molecular weight excluding hydrogens is 593 g/mol. The van der Waals surface area contributed by atoms with E-state index in [0.29, 0.717) is 5.76 Å². The van der Waals surface area contributed by atoms with Crippen LogP contribution in [-0.2, 0) is 12.8 Å². The van der Waals surface area contributed by atoms with E-state index in [1.54, 1.807) is 6.08 Å². The monoisotopic (exact) mass is 640 g/mol. The molecule has 0 atom stereocenters. The highest BCUT2D eigenvalue weighted by atomic mass is 16.5. The van der Waals surface area contributed by atoms with Crippen LogP contribution in [0.15, 0.2) is 128 Å². The van der Waals surface area contributed by atoms with Crippen LogP contribution in [0.5, 0.6) is 5.75 Å². The Kier molecular flexibility index (Phi) is 12.7. The molecule has 0 saturated carbocycles. The van der Waals surface area contributed by atoms with Gasteiger partial charge in [-0.15, -0.1) is 0 Å². The van der Waals surface area contributed by atoms with Crippen LogP contribution in [0.2, 0.25) is 0 Å². The van der Waals surface area contributed by atoms with E-state index in [1.165, 1.54) is 72.4 Å². The van der Waals surface area contributed by atoms with Crippen LogP contribution < -0.4 is 4.74 Å². The highest BCUT2D eigenvalue weighted by molar-refractivity contribution is 5.86. The molecule has 0 aliphatic carbocycles. The van der Waals surface area contributed by atoms with Crippen molar-refractivity contribution in [3.63, 3.8) is 0 Å². The van der Waals surface area contributed by atoms with Crippen LogP contribution in [-0.4, -0.2) is 0 Å². The summed E-state index contributed by atoms with van der Waals surface area (Å²) in [6, 6.07) is 32.0. The molecule has 0 unspecified atom stereocenters. The summed E-state index contributed by atoms with van der Waals surface area (Å²) in [5.74, 6) is 14.8. The average molecular weight is 641 g/mol. The van der Waals surface area contributed by atoms with Gasteiger partial charge < -0.3 is 4.74 Å². The Morgan fingerprint density at radius 1 is 0.612 bits per heavy atom. The molecule has 246 valence electrons. The van der Waals surface area contributed by atoms with Crippen LogP contribution in [0.1, 0.15) is 98.6 Å². The van der Waals surface area contributed by atoms with Gasteiger partial charge in [0.2, 0.25) is 0 Å². The quantitative estimate of drug-likeness (QED) is 0.0386. The number of fused-ring (bicyclic) bond motifs is 2. The maximum atomic E-state index is 5.68. The predicted octanol–water partition coefficient (Wildman–Crippen LogP) is 12.7. The second-order valence-corrected chi connectivity index (χ2v) is 12.8. The molecule has 0 aliphatic heterocycles. The Bertz CT molecular complexity index is 2080. The van der Waals surface area contributed by atoms with Gasteiger partial charge in [0, 0.05) is 22.3 Å². The van der Waals surface area contributed by atoms with Crippen LogP contribution >= 0.6 is 0 Å².